The van der Waals surface area contributed by atoms with Crippen LogP contribution in [0.2, 0.25) is 0 Å². The lowest BCUT2D eigenvalue weighted by Crippen LogP contribution is -2.19. The highest BCUT2D eigenvalue weighted by molar-refractivity contribution is 5.15. The van der Waals surface area contributed by atoms with Gasteiger partial charge < -0.3 is 4.74 Å². The van der Waals surface area contributed by atoms with E-state index in [1.165, 1.54) is 5.56 Å². The summed E-state index contributed by atoms with van der Waals surface area (Å²) >= 11 is 0. The van der Waals surface area contributed by atoms with E-state index in [0.29, 0.717) is 12.2 Å². The van der Waals surface area contributed by atoms with Crippen molar-refractivity contribution in [2.24, 2.45) is 0 Å². The van der Waals surface area contributed by atoms with Crippen LogP contribution < -0.4 is 0 Å². The van der Waals surface area contributed by atoms with Crippen molar-refractivity contribution in [2.45, 2.75) is 45.8 Å². The average molecular weight is 192 g/mol. The smallest absolute Gasteiger partial charge is 0.0616 e. The van der Waals surface area contributed by atoms with Crippen LogP contribution in [-0.2, 0) is 11.2 Å². The van der Waals surface area contributed by atoms with Gasteiger partial charge in [0.2, 0.25) is 0 Å². The molecule has 14 heavy (non-hydrogen) atoms. The molecule has 1 unspecified atom stereocenters. The molecule has 0 saturated carbocycles. The summed E-state index contributed by atoms with van der Waals surface area (Å²) in [7, 11) is 0. The van der Waals surface area contributed by atoms with Crippen molar-refractivity contribution in [1.29, 1.82) is 0 Å². The minimum absolute atomic E-state index is 0.323. The monoisotopic (exact) mass is 192 g/mol. The highest BCUT2D eigenvalue weighted by Gasteiger charge is 2.08. The van der Waals surface area contributed by atoms with Gasteiger partial charge in [-0.3, -0.25) is 0 Å². The van der Waals surface area contributed by atoms with Crippen molar-refractivity contribution in [3.05, 3.63) is 35.9 Å². The fourth-order valence-electron chi connectivity index (χ4n) is 1.55. The predicted molar refractivity (Wildman–Crippen MR) is 60.4 cm³/mol. The lowest BCUT2D eigenvalue weighted by atomic mass is 10.1. The van der Waals surface area contributed by atoms with Crippen LogP contribution in [0.3, 0.4) is 0 Å². The summed E-state index contributed by atoms with van der Waals surface area (Å²) in [6, 6.07) is 10.5. The lowest BCUT2D eigenvalue weighted by Gasteiger charge is -2.18. The first-order chi connectivity index (χ1) is 6.72. The number of rotatable bonds is 5. The third-order valence-corrected chi connectivity index (χ3v) is 2.23. The zero-order chi connectivity index (χ0) is 10.4. The van der Waals surface area contributed by atoms with E-state index in [1.54, 1.807) is 0 Å². The molecule has 1 rings (SSSR count). The first-order valence-corrected chi connectivity index (χ1v) is 5.41. The SMILES string of the molecule is CCC(Cc1ccccc1)OC(C)C. The minimum atomic E-state index is 0.323. The Morgan fingerprint density at radius 2 is 1.79 bits per heavy atom. The van der Waals surface area contributed by atoms with Crippen molar-refractivity contribution in [1.82, 2.24) is 0 Å². The fraction of sp³-hybridized carbons (Fsp3) is 0.538. The summed E-state index contributed by atoms with van der Waals surface area (Å²) in [6.45, 7) is 6.36. The van der Waals surface area contributed by atoms with Gasteiger partial charge >= 0.3 is 0 Å². The van der Waals surface area contributed by atoms with Crippen LogP contribution in [0.1, 0.15) is 32.8 Å². The van der Waals surface area contributed by atoms with E-state index in [1.807, 2.05) is 6.07 Å². The van der Waals surface area contributed by atoms with Crippen molar-refractivity contribution in [2.75, 3.05) is 0 Å². The molecule has 1 heteroatoms. The van der Waals surface area contributed by atoms with Crippen molar-refractivity contribution >= 4 is 0 Å². The topological polar surface area (TPSA) is 9.23 Å². The second kappa shape index (κ2) is 5.82. The third kappa shape index (κ3) is 3.93. The molecule has 0 aromatic heterocycles. The summed E-state index contributed by atoms with van der Waals surface area (Å²) in [6.07, 6.45) is 2.78. The van der Waals surface area contributed by atoms with Crippen LogP contribution >= 0.6 is 0 Å². The van der Waals surface area contributed by atoms with Gasteiger partial charge in [-0.25, -0.2) is 0 Å². The van der Waals surface area contributed by atoms with Gasteiger partial charge in [-0.15, -0.1) is 0 Å². The second-order valence-corrected chi connectivity index (χ2v) is 3.90. The molecule has 0 amide bonds. The summed E-state index contributed by atoms with van der Waals surface area (Å²) in [4.78, 5) is 0. The molecule has 0 heterocycles. The van der Waals surface area contributed by atoms with Gasteiger partial charge in [0.1, 0.15) is 0 Å². The highest BCUT2D eigenvalue weighted by atomic mass is 16.5. The first kappa shape index (κ1) is 11.3. The summed E-state index contributed by atoms with van der Waals surface area (Å²) < 4.78 is 5.80. The van der Waals surface area contributed by atoms with Crippen LogP contribution in [0.25, 0.3) is 0 Å². The number of ether oxygens (including phenoxy) is 1. The van der Waals surface area contributed by atoms with Gasteiger partial charge in [0.25, 0.3) is 0 Å². The Balaban J connectivity index is 2.48. The van der Waals surface area contributed by atoms with Gasteiger partial charge in [0.05, 0.1) is 12.2 Å². The molecule has 0 aliphatic rings. The maximum absolute atomic E-state index is 5.80. The summed E-state index contributed by atoms with van der Waals surface area (Å²) in [5.41, 5.74) is 1.36. The Morgan fingerprint density at radius 1 is 1.14 bits per heavy atom. The van der Waals surface area contributed by atoms with Crippen LogP contribution in [0, 0.1) is 0 Å². The average Bonchev–Trinajstić information content (AvgIpc) is 2.17. The molecule has 1 aromatic carbocycles. The second-order valence-electron chi connectivity index (χ2n) is 3.90. The predicted octanol–water partition coefficient (Wildman–Crippen LogP) is 3.43. The van der Waals surface area contributed by atoms with E-state index in [4.69, 9.17) is 4.74 Å². The zero-order valence-electron chi connectivity index (χ0n) is 9.36. The molecule has 0 radical (unpaired) electrons. The largest absolute Gasteiger partial charge is 0.375 e. The number of benzene rings is 1. The first-order valence-electron chi connectivity index (χ1n) is 5.41. The van der Waals surface area contributed by atoms with Gasteiger partial charge in [-0.05, 0) is 32.3 Å². The molecule has 0 bridgehead atoms. The molecule has 0 aliphatic carbocycles. The van der Waals surface area contributed by atoms with E-state index in [9.17, 15) is 0 Å². The Hall–Kier alpha value is -0.820. The quantitative estimate of drug-likeness (QED) is 0.694. The zero-order valence-corrected chi connectivity index (χ0v) is 9.36. The molecule has 1 aromatic rings. The molecule has 1 atom stereocenters. The molecule has 0 fully saturated rings. The molecule has 78 valence electrons. The van der Waals surface area contributed by atoms with E-state index in [2.05, 4.69) is 45.0 Å². The summed E-state index contributed by atoms with van der Waals surface area (Å²) in [5.74, 6) is 0. The highest BCUT2D eigenvalue weighted by Crippen LogP contribution is 2.10. The molecule has 0 N–H and O–H groups in total. The van der Waals surface area contributed by atoms with E-state index in [-0.39, 0.29) is 0 Å². The standard InChI is InChI=1S/C13H20O/c1-4-13(14-11(2)3)10-12-8-6-5-7-9-12/h5-9,11,13H,4,10H2,1-3H3. The normalized spacial score (nSPS) is 13.1. The Bertz CT molecular complexity index is 241. The minimum Gasteiger partial charge on any atom is -0.375 e. The molecule has 0 saturated heterocycles. The molecule has 0 spiro atoms. The summed E-state index contributed by atoms with van der Waals surface area (Å²) in [5, 5.41) is 0. The van der Waals surface area contributed by atoms with Crippen molar-refractivity contribution < 1.29 is 4.74 Å². The Morgan fingerprint density at radius 3 is 2.29 bits per heavy atom. The molecular formula is C13H20O. The van der Waals surface area contributed by atoms with Crippen molar-refractivity contribution in [3.8, 4) is 0 Å². The maximum Gasteiger partial charge on any atom is 0.0616 e. The van der Waals surface area contributed by atoms with Gasteiger partial charge in [-0.2, -0.15) is 0 Å². The fourth-order valence-corrected chi connectivity index (χ4v) is 1.55. The Labute approximate surface area is 87.1 Å². The maximum atomic E-state index is 5.80. The van der Waals surface area contributed by atoms with Crippen LogP contribution in [0.5, 0.6) is 0 Å². The van der Waals surface area contributed by atoms with E-state index in [0.717, 1.165) is 12.8 Å². The van der Waals surface area contributed by atoms with E-state index < -0.39 is 0 Å². The Kier molecular flexibility index (Phi) is 4.68. The van der Waals surface area contributed by atoms with Gasteiger partial charge in [0, 0.05) is 0 Å². The molecular weight excluding hydrogens is 172 g/mol. The van der Waals surface area contributed by atoms with Crippen LogP contribution in [0.15, 0.2) is 30.3 Å². The number of hydrogen-bond acceptors (Lipinski definition) is 1. The number of hydrogen-bond donors (Lipinski definition) is 0. The van der Waals surface area contributed by atoms with Crippen molar-refractivity contribution in [3.63, 3.8) is 0 Å². The van der Waals surface area contributed by atoms with E-state index >= 15 is 0 Å². The lowest BCUT2D eigenvalue weighted by molar-refractivity contribution is 0.00644. The third-order valence-electron chi connectivity index (χ3n) is 2.23. The van der Waals surface area contributed by atoms with Crippen LogP contribution in [0.4, 0.5) is 0 Å². The van der Waals surface area contributed by atoms with Gasteiger partial charge in [0.15, 0.2) is 0 Å². The molecule has 1 nitrogen and oxygen atoms in total. The molecule has 0 aliphatic heterocycles. The van der Waals surface area contributed by atoms with Crippen LogP contribution in [-0.4, -0.2) is 12.2 Å². The van der Waals surface area contributed by atoms with Gasteiger partial charge in [-0.1, -0.05) is 37.3 Å².